The summed E-state index contributed by atoms with van der Waals surface area (Å²) in [4.78, 5) is 14.2. The van der Waals surface area contributed by atoms with E-state index in [1.54, 1.807) is 63.7 Å². The van der Waals surface area contributed by atoms with Gasteiger partial charge < -0.3 is 23.5 Å². The Morgan fingerprint density at radius 1 is 1.03 bits per heavy atom. The fraction of sp³-hybridized carbons (Fsp3) is 0.318. The smallest absolute Gasteiger partial charge is 0.254 e. The van der Waals surface area contributed by atoms with Gasteiger partial charge in [0, 0.05) is 18.2 Å². The zero-order valence-electron chi connectivity index (χ0n) is 17.7. The van der Waals surface area contributed by atoms with E-state index in [0.29, 0.717) is 34.4 Å². The summed E-state index contributed by atoms with van der Waals surface area (Å²) < 4.78 is 21.9. The first-order chi connectivity index (χ1) is 14.4. The highest BCUT2D eigenvalue weighted by Crippen LogP contribution is 2.31. The van der Waals surface area contributed by atoms with E-state index in [1.165, 1.54) is 4.90 Å². The average Bonchev–Trinajstić information content (AvgIpc) is 3.21. The maximum absolute atomic E-state index is 12.7. The zero-order chi connectivity index (χ0) is 21.7. The van der Waals surface area contributed by atoms with Crippen LogP contribution in [0.25, 0.3) is 11.5 Å². The normalized spacial score (nSPS) is 10.7. The third-order valence-corrected chi connectivity index (χ3v) is 4.29. The second kappa shape index (κ2) is 9.30. The number of benzene rings is 2. The van der Waals surface area contributed by atoms with Crippen LogP contribution in [0.15, 0.2) is 46.9 Å². The fourth-order valence-corrected chi connectivity index (χ4v) is 2.85. The second-order valence-electron chi connectivity index (χ2n) is 6.92. The monoisotopic (exact) mass is 411 g/mol. The van der Waals surface area contributed by atoms with E-state index in [0.717, 1.165) is 5.75 Å². The molecule has 1 amide bonds. The van der Waals surface area contributed by atoms with Crippen LogP contribution in [0.2, 0.25) is 0 Å². The number of hydrogen-bond donors (Lipinski definition) is 0. The number of hydrogen-bond acceptors (Lipinski definition) is 7. The van der Waals surface area contributed by atoms with Crippen molar-refractivity contribution in [1.29, 1.82) is 0 Å². The molecule has 1 heterocycles. The molecule has 1 aromatic heterocycles. The Morgan fingerprint density at radius 2 is 1.73 bits per heavy atom. The lowest BCUT2D eigenvalue weighted by Crippen LogP contribution is -2.26. The number of methoxy groups -OCH3 is 2. The molecular weight excluding hydrogens is 386 g/mol. The van der Waals surface area contributed by atoms with Gasteiger partial charge >= 0.3 is 0 Å². The van der Waals surface area contributed by atoms with Crippen molar-refractivity contribution in [2.24, 2.45) is 0 Å². The Hall–Kier alpha value is -3.55. The zero-order valence-corrected chi connectivity index (χ0v) is 17.7. The number of rotatable bonds is 8. The first kappa shape index (κ1) is 21.2. The van der Waals surface area contributed by atoms with Gasteiger partial charge in [0.15, 0.2) is 11.5 Å². The van der Waals surface area contributed by atoms with Gasteiger partial charge in [0.1, 0.15) is 5.75 Å². The molecule has 2 aromatic carbocycles. The summed E-state index contributed by atoms with van der Waals surface area (Å²) in [5, 5.41) is 8.12. The van der Waals surface area contributed by atoms with Crippen molar-refractivity contribution in [3.8, 4) is 28.7 Å². The molecule has 0 spiro atoms. The molecule has 0 saturated carbocycles. The van der Waals surface area contributed by atoms with Crippen LogP contribution in [0.3, 0.4) is 0 Å². The SMILES string of the molecule is COc1ccc(-c2nnc(CN(C)C(=O)c3ccc(OC(C)C)cc3)o2)cc1OC. The Labute approximate surface area is 175 Å². The Bertz CT molecular complexity index is 998. The minimum atomic E-state index is -0.156. The van der Waals surface area contributed by atoms with Crippen molar-refractivity contribution in [3.05, 3.63) is 53.9 Å². The molecule has 158 valence electrons. The molecule has 8 heteroatoms. The Balaban J connectivity index is 1.68. The molecular formula is C22H25N3O5. The number of carbonyl (C=O) groups excluding carboxylic acids is 1. The summed E-state index contributed by atoms with van der Waals surface area (Å²) in [5.41, 5.74) is 1.24. The lowest BCUT2D eigenvalue weighted by atomic mass is 10.2. The fourth-order valence-electron chi connectivity index (χ4n) is 2.85. The van der Waals surface area contributed by atoms with Crippen LogP contribution in [0.4, 0.5) is 0 Å². The van der Waals surface area contributed by atoms with E-state index in [2.05, 4.69) is 10.2 Å². The van der Waals surface area contributed by atoms with Gasteiger partial charge in [0.25, 0.3) is 5.91 Å². The topological polar surface area (TPSA) is 86.9 Å². The molecule has 0 fully saturated rings. The lowest BCUT2D eigenvalue weighted by Gasteiger charge is -2.15. The van der Waals surface area contributed by atoms with E-state index in [-0.39, 0.29) is 18.6 Å². The van der Waals surface area contributed by atoms with Crippen LogP contribution in [0, 0.1) is 0 Å². The van der Waals surface area contributed by atoms with Crippen molar-refractivity contribution in [2.75, 3.05) is 21.3 Å². The summed E-state index contributed by atoms with van der Waals surface area (Å²) >= 11 is 0. The van der Waals surface area contributed by atoms with Gasteiger partial charge in [-0.3, -0.25) is 4.79 Å². The third kappa shape index (κ3) is 4.89. The summed E-state index contributed by atoms with van der Waals surface area (Å²) in [6.45, 7) is 4.09. The quantitative estimate of drug-likeness (QED) is 0.557. The molecule has 0 aliphatic heterocycles. The second-order valence-corrected chi connectivity index (χ2v) is 6.92. The summed E-state index contributed by atoms with van der Waals surface area (Å²) in [6.07, 6.45) is 0.0756. The molecule has 8 nitrogen and oxygen atoms in total. The molecule has 0 atom stereocenters. The van der Waals surface area contributed by atoms with Gasteiger partial charge in [-0.15, -0.1) is 10.2 Å². The van der Waals surface area contributed by atoms with Crippen LogP contribution in [-0.4, -0.2) is 48.4 Å². The van der Waals surface area contributed by atoms with Crippen molar-refractivity contribution in [2.45, 2.75) is 26.5 Å². The van der Waals surface area contributed by atoms with Crippen molar-refractivity contribution in [3.63, 3.8) is 0 Å². The van der Waals surface area contributed by atoms with Crippen LogP contribution in [0.1, 0.15) is 30.1 Å². The van der Waals surface area contributed by atoms with Gasteiger partial charge in [-0.25, -0.2) is 0 Å². The maximum Gasteiger partial charge on any atom is 0.254 e. The lowest BCUT2D eigenvalue weighted by molar-refractivity contribution is 0.0773. The maximum atomic E-state index is 12.7. The minimum absolute atomic E-state index is 0.0756. The average molecular weight is 411 g/mol. The molecule has 0 radical (unpaired) electrons. The molecule has 3 aromatic rings. The van der Waals surface area contributed by atoms with Gasteiger partial charge in [-0.1, -0.05) is 0 Å². The number of nitrogens with zero attached hydrogens (tertiary/aromatic N) is 3. The number of amides is 1. The Kier molecular flexibility index (Phi) is 6.56. The number of aromatic nitrogens is 2. The van der Waals surface area contributed by atoms with E-state index in [4.69, 9.17) is 18.6 Å². The number of ether oxygens (including phenoxy) is 3. The highest BCUT2D eigenvalue weighted by atomic mass is 16.5. The van der Waals surface area contributed by atoms with E-state index < -0.39 is 0 Å². The minimum Gasteiger partial charge on any atom is -0.493 e. The third-order valence-electron chi connectivity index (χ3n) is 4.29. The van der Waals surface area contributed by atoms with Crippen LogP contribution in [-0.2, 0) is 6.54 Å². The largest absolute Gasteiger partial charge is 0.493 e. The Morgan fingerprint density at radius 3 is 2.37 bits per heavy atom. The van der Waals surface area contributed by atoms with Gasteiger partial charge in [0.05, 0.1) is 26.9 Å². The summed E-state index contributed by atoms with van der Waals surface area (Å²) in [6, 6.07) is 12.4. The first-order valence-corrected chi connectivity index (χ1v) is 9.48. The summed E-state index contributed by atoms with van der Waals surface area (Å²) in [7, 11) is 4.81. The van der Waals surface area contributed by atoms with Crippen molar-refractivity contribution in [1.82, 2.24) is 15.1 Å². The first-order valence-electron chi connectivity index (χ1n) is 9.48. The highest BCUT2D eigenvalue weighted by Gasteiger charge is 2.17. The van der Waals surface area contributed by atoms with Crippen LogP contribution in [0.5, 0.6) is 17.2 Å². The van der Waals surface area contributed by atoms with Gasteiger partial charge in [-0.2, -0.15) is 0 Å². The molecule has 30 heavy (non-hydrogen) atoms. The standard InChI is InChI=1S/C22H25N3O5/c1-14(2)29-17-9-6-15(7-10-17)22(26)25(3)13-20-23-24-21(30-20)16-8-11-18(27-4)19(12-16)28-5/h6-12,14H,13H2,1-5H3. The predicted molar refractivity (Wildman–Crippen MR) is 111 cm³/mol. The van der Waals surface area contributed by atoms with E-state index in [1.807, 2.05) is 13.8 Å². The van der Waals surface area contributed by atoms with Gasteiger partial charge in [0.2, 0.25) is 11.8 Å². The molecule has 0 aliphatic rings. The molecule has 0 N–H and O–H groups in total. The molecule has 0 saturated heterocycles. The molecule has 3 rings (SSSR count). The van der Waals surface area contributed by atoms with E-state index in [9.17, 15) is 4.79 Å². The highest BCUT2D eigenvalue weighted by molar-refractivity contribution is 5.94. The molecule has 0 unspecified atom stereocenters. The number of carbonyl (C=O) groups is 1. The predicted octanol–water partition coefficient (Wildman–Crippen LogP) is 3.81. The van der Waals surface area contributed by atoms with Crippen molar-refractivity contribution < 1.29 is 23.4 Å². The van der Waals surface area contributed by atoms with Crippen LogP contribution < -0.4 is 14.2 Å². The van der Waals surface area contributed by atoms with Crippen molar-refractivity contribution >= 4 is 5.91 Å². The van der Waals surface area contributed by atoms with Gasteiger partial charge in [-0.05, 0) is 56.3 Å². The van der Waals surface area contributed by atoms with Crippen LogP contribution >= 0.6 is 0 Å². The van der Waals surface area contributed by atoms with E-state index >= 15 is 0 Å². The molecule has 0 aliphatic carbocycles. The molecule has 0 bridgehead atoms. The summed E-state index contributed by atoms with van der Waals surface area (Å²) in [5.74, 6) is 2.40.